The molecule has 1 fully saturated rings. The highest BCUT2D eigenvalue weighted by atomic mass is 16.5. The van der Waals surface area contributed by atoms with Crippen molar-refractivity contribution >= 4 is 11.7 Å². The maximum Gasteiger partial charge on any atom is 0.316 e. The van der Waals surface area contributed by atoms with Gasteiger partial charge in [-0.15, -0.1) is 0 Å². The van der Waals surface area contributed by atoms with Crippen LogP contribution in [-0.4, -0.2) is 40.7 Å². The Hall–Kier alpha value is -3.22. The monoisotopic (exact) mass is 405 g/mol. The number of nitrogens with zero attached hydrogens (tertiary/aromatic N) is 4. The molecule has 4 rings (SSSR count). The Labute approximate surface area is 176 Å². The summed E-state index contributed by atoms with van der Waals surface area (Å²) in [7, 11) is 0. The number of pyridine rings is 1. The predicted octanol–water partition coefficient (Wildman–Crippen LogP) is 3.90. The van der Waals surface area contributed by atoms with E-state index in [0.717, 1.165) is 30.4 Å². The molecule has 1 aromatic carbocycles. The van der Waals surface area contributed by atoms with Crippen molar-refractivity contribution in [3.63, 3.8) is 0 Å². The van der Waals surface area contributed by atoms with Gasteiger partial charge in [0.15, 0.2) is 0 Å². The molecule has 0 radical (unpaired) electrons. The van der Waals surface area contributed by atoms with Crippen LogP contribution in [0.4, 0.5) is 5.82 Å². The second-order valence-electron chi connectivity index (χ2n) is 8.02. The maximum absolute atomic E-state index is 12.4. The molecular weight excluding hydrogens is 378 g/mol. The molecule has 1 atom stereocenters. The molecule has 7 nitrogen and oxygen atoms in total. The van der Waals surface area contributed by atoms with Crippen LogP contribution in [-0.2, 0) is 0 Å². The van der Waals surface area contributed by atoms with Crippen molar-refractivity contribution in [2.45, 2.75) is 32.6 Å². The van der Waals surface area contributed by atoms with Crippen LogP contribution in [0.15, 0.2) is 53.2 Å². The summed E-state index contributed by atoms with van der Waals surface area (Å²) in [5.41, 5.74) is 1.96. The fraction of sp³-hybridized carbons (Fsp3) is 0.391. The van der Waals surface area contributed by atoms with Gasteiger partial charge < -0.3 is 14.7 Å². The average molecular weight is 406 g/mol. The minimum atomic E-state index is -0.365. The molecular formula is C23H27N5O2. The van der Waals surface area contributed by atoms with Gasteiger partial charge in [-0.25, -0.2) is 4.98 Å². The van der Waals surface area contributed by atoms with Crippen molar-refractivity contribution < 1.29 is 9.32 Å². The van der Waals surface area contributed by atoms with E-state index < -0.39 is 0 Å². The zero-order valence-corrected chi connectivity index (χ0v) is 17.4. The third kappa shape index (κ3) is 4.67. The van der Waals surface area contributed by atoms with Gasteiger partial charge in [-0.05, 0) is 42.4 Å². The lowest BCUT2D eigenvalue weighted by molar-refractivity contribution is 0.0908. The van der Waals surface area contributed by atoms with Crippen molar-refractivity contribution in [1.82, 2.24) is 20.4 Å². The van der Waals surface area contributed by atoms with Crippen molar-refractivity contribution in [3.05, 3.63) is 60.1 Å². The van der Waals surface area contributed by atoms with E-state index in [2.05, 4.69) is 39.2 Å². The SMILES string of the molecule is CC1CCN(c2cc(-c3noc(C(=O)NCC(C)c4ccccc4)n3)ccn2)CC1. The zero-order chi connectivity index (χ0) is 20.9. The number of carbonyl (C=O) groups is 1. The Morgan fingerprint density at radius 1 is 1.23 bits per heavy atom. The number of hydrogen-bond donors (Lipinski definition) is 1. The maximum atomic E-state index is 12.4. The number of anilines is 1. The number of rotatable bonds is 6. The molecule has 0 bridgehead atoms. The number of carbonyl (C=O) groups excluding carboxylic acids is 1. The van der Waals surface area contributed by atoms with Gasteiger partial charge in [0.05, 0.1) is 0 Å². The van der Waals surface area contributed by atoms with E-state index in [1.807, 2.05) is 42.5 Å². The lowest BCUT2D eigenvalue weighted by Crippen LogP contribution is -2.33. The molecule has 0 saturated carbocycles. The summed E-state index contributed by atoms with van der Waals surface area (Å²) < 4.78 is 5.21. The summed E-state index contributed by atoms with van der Waals surface area (Å²) in [6.45, 7) is 6.84. The molecule has 1 unspecified atom stereocenters. The Kier molecular flexibility index (Phi) is 6.07. The molecule has 1 aliphatic rings. The van der Waals surface area contributed by atoms with Crippen molar-refractivity contribution in [2.75, 3.05) is 24.5 Å². The van der Waals surface area contributed by atoms with Crippen LogP contribution in [0.5, 0.6) is 0 Å². The largest absolute Gasteiger partial charge is 0.357 e. The number of nitrogens with one attached hydrogen (secondary N) is 1. The van der Waals surface area contributed by atoms with Crippen LogP contribution < -0.4 is 10.2 Å². The molecule has 3 aromatic rings. The lowest BCUT2D eigenvalue weighted by atomic mass is 9.99. The van der Waals surface area contributed by atoms with E-state index in [1.165, 1.54) is 18.4 Å². The van der Waals surface area contributed by atoms with Gasteiger partial charge in [-0.2, -0.15) is 4.98 Å². The van der Waals surface area contributed by atoms with Crippen LogP contribution in [0.3, 0.4) is 0 Å². The number of piperidine rings is 1. The van der Waals surface area contributed by atoms with Gasteiger partial charge in [0.1, 0.15) is 5.82 Å². The standard InChI is InChI=1S/C23H27N5O2/c1-16-9-12-28(13-10-16)20-14-19(8-11-24-20)21-26-23(30-27-21)22(29)25-15-17(2)18-6-4-3-5-7-18/h3-8,11,14,16-17H,9-10,12-13,15H2,1-2H3,(H,25,29). The fourth-order valence-corrected chi connectivity index (χ4v) is 3.62. The smallest absolute Gasteiger partial charge is 0.316 e. The highest BCUT2D eigenvalue weighted by molar-refractivity contribution is 5.89. The molecule has 1 amide bonds. The van der Waals surface area contributed by atoms with Crippen LogP contribution in [0.1, 0.15) is 48.9 Å². The molecule has 0 aliphatic carbocycles. The second kappa shape index (κ2) is 9.07. The van der Waals surface area contributed by atoms with E-state index in [-0.39, 0.29) is 17.7 Å². The Bertz CT molecular complexity index is 980. The summed E-state index contributed by atoms with van der Waals surface area (Å²) in [5.74, 6) is 1.85. The highest BCUT2D eigenvalue weighted by Crippen LogP contribution is 2.25. The van der Waals surface area contributed by atoms with E-state index in [1.54, 1.807) is 6.20 Å². The quantitative estimate of drug-likeness (QED) is 0.670. The normalized spacial score (nSPS) is 15.7. The topological polar surface area (TPSA) is 84.2 Å². The van der Waals surface area contributed by atoms with Gasteiger partial charge in [0.25, 0.3) is 0 Å². The van der Waals surface area contributed by atoms with Gasteiger partial charge in [0.2, 0.25) is 5.82 Å². The van der Waals surface area contributed by atoms with E-state index in [0.29, 0.717) is 12.4 Å². The molecule has 30 heavy (non-hydrogen) atoms. The molecule has 156 valence electrons. The number of benzene rings is 1. The van der Waals surface area contributed by atoms with E-state index in [9.17, 15) is 4.79 Å². The first-order chi connectivity index (χ1) is 14.6. The minimum Gasteiger partial charge on any atom is -0.357 e. The Balaban J connectivity index is 1.40. The van der Waals surface area contributed by atoms with Crippen LogP contribution >= 0.6 is 0 Å². The van der Waals surface area contributed by atoms with Crippen LogP contribution in [0, 0.1) is 5.92 Å². The fourth-order valence-electron chi connectivity index (χ4n) is 3.62. The summed E-state index contributed by atoms with van der Waals surface area (Å²) in [6, 6.07) is 13.8. The molecule has 1 N–H and O–H groups in total. The number of aromatic nitrogens is 3. The second-order valence-corrected chi connectivity index (χ2v) is 8.02. The Morgan fingerprint density at radius 3 is 2.77 bits per heavy atom. The first-order valence-electron chi connectivity index (χ1n) is 10.5. The third-order valence-corrected chi connectivity index (χ3v) is 5.67. The molecule has 1 aliphatic heterocycles. The highest BCUT2D eigenvalue weighted by Gasteiger charge is 2.20. The van der Waals surface area contributed by atoms with Crippen LogP contribution in [0.2, 0.25) is 0 Å². The van der Waals surface area contributed by atoms with Gasteiger partial charge in [-0.1, -0.05) is 49.3 Å². The summed E-state index contributed by atoms with van der Waals surface area (Å²) in [4.78, 5) is 23.5. The molecule has 1 saturated heterocycles. The predicted molar refractivity (Wildman–Crippen MR) is 115 cm³/mol. The van der Waals surface area contributed by atoms with Gasteiger partial charge in [0, 0.05) is 31.4 Å². The lowest BCUT2D eigenvalue weighted by Gasteiger charge is -2.31. The first-order valence-corrected chi connectivity index (χ1v) is 10.5. The molecule has 2 aromatic heterocycles. The summed E-state index contributed by atoms with van der Waals surface area (Å²) in [5, 5.41) is 6.87. The zero-order valence-electron chi connectivity index (χ0n) is 17.4. The van der Waals surface area contributed by atoms with Gasteiger partial charge in [-0.3, -0.25) is 4.79 Å². The summed E-state index contributed by atoms with van der Waals surface area (Å²) >= 11 is 0. The molecule has 7 heteroatoms. The number of amides is 1. The van der Waals surface area contributed by atoms with Crippen molar-refractivity contribution in [1.29, 1.82) is 0 Å². The summed E-state index contributed by atoms with van der Waals surface area (Å²) in [6.07, 6.45) is 4.08. The third-order valence-electron chi connectivity index (χ3n) is 5.67. The van der Waals surface area contributed by atoms with Crippen molar-refractivity contribution in [2.24, 2.45) is 5.92 Å². The molecule has 0 spiro atoms. The van der Waals surface area contributed by atoms with Crippen molar-refractivity contribution in [3.8, 4) is 11.4 Å². The molecule has 3 heterocycles. The number of hydrogen-bond acceptors (Lipinski definition) is 6. The minimum absolute atomic E-state index is 0.0320. The van der Waals surface area contributed by atoms with E-state index >= 15 is 0 Å². The average Bonchev–Trinajstić information content (AvgIpc) is 3.29. The van der Waals surface area contributed by atoms with Crippen LogP contribution in [0.25, 0.3) is 11.4 Å². The first kappa shape index (κ1) is 20.1. The van der Waals surface area contributed by atoms with E-state index in [4.69, 9.17) is 4.52 Å². The van der Waals surface area contributed by atoms with Gasteiger partial charge >= 0.3 is 11.8 Å². The Morgan fingerprint density at radius 2 is 2.00 bits per heavy atom.